The molecule has 0 aliphatic rings. The summed E-state index contributed by atoms with van der Waals surface area (Å²) in [4.78, 5) is 16.9. The fourth-order valence-electron chi connectivity index (χ4n) is 3.93. The van der Waals surface area contributed by atoms with Crippen molar-refractivity contribution in [1.82, 2.24) is 24.4 Å². The quantitative estimate of drug-likeness (QED) is 0.439. The Labute approximate surface area is 184 Å². The van der Waals surface area contributed by atoms with E-state index in [2.05, 4.69) is 55.0 Å². The largest absolute Gasteiger partial charge is 0.367 e. The van der Waals surface area contributed by atoms with Gasteiger partial charge in [0.1, 0.15) is 6.33 Å². The Bertz CT molecular complexity index is 1110. The highest BCUT2D eigenvalue weighted by Gasteiger charge is 2.17. The lowest BCUT2D eigenvalue weighted by Crippen LogP contribution is -2.40. The van der Waals surface area contributed by atoms with Crippen LogP contribution in [0.3, 0.4) is 0 Å². The average molecular weight is 415 g/mol. The molecule has 0 amide bonds. The highest BCUT2D eigenvalue weighted by atomic mass is 15.2. The third-order valence-corrected chi connectivity index (χ3v) is 5.45. The third-order valence-electron chi connectivity index (χ3n) is 5.45. The van der Waals surface area contributed by atoms with Gasteiger partial charge in [-0.15, -0.1) is 0 Å². The molecule has 2 aromatic heterocycles. The van der Waals surface area contributed by atoms with Gasteiger partial charge in [-0.05, 0) is 39.8 Å². The lowest BCUT2D eigenvalue weighted by atomic mass is 10.2. The van der Waals surface area contributed by atoms with Gasteiger partial charge in [-0.1, -0.05) is 48.5 Å². The lowest BCUT2D eigenvalue weighted by Gasteiger charge is -2.30. The molecule has 4 rings (SSSR count). The monoisotopic (exact) mass is 414 g/mol. The molecule has 0 bridgehead atoms. The summed E-state index contributed by atoms with van der Waals surface area (Å²) in [6.07, 6.45) is 1.82. The van der Waals surface area contributed by atoms with E-state index in [0.717, 1.165) is 41.3 Å². The second-order valence-corrected chi connectivity index (χ2v) is 8.24. The molecule has 0 unspecified atom stereocenters. The molecule has 2 heterocycles. The number of nitrogens with zero attached hydrogens (tertiary/aromatic N) is 5. The summed E-state index contributed by atoms with van der Waals surface area (Å²) in [6, 6.07) is 21.2. The summed E-state index contributed by atoms with van der Waals surface area (Å²) in [5.41, 5.74) is 3.59. The standard InChI is InChI=1S/C25H30N6/c1-18(2)30(19(3)4)16-15-26-24-22-25(29-23(28-24)20-11-7-5-8-12-20)31(17-27-22)21-13-9-6-10-14-21/h5-14,17-19H,15-16H2,1-4H3,(H,26,28,29). The van der Waals surface area contributed by atoms with Gasteiger partial charge in [0, 0.05) is 36.4 Å². The molecule has 6 heteroatoms. The number of anilines is 1. The van der Waals surface area contributed by atoms with Crippen molar-refractivity contribution in [2.45, 2.75) is 39.8 Å². The minimum atomic E-state index is 0.490. The molecule has 6 nitrogen and oxygen atoms in total. The highest BCUT2D eigenvalue weighted by Crippen LogP contribution is 2.26. The van der Waals surface area contributed by atoms with E-state index in [-0.39, 0.29) is 0 Å². The summed E-state index contributed by atoms with van der Waals surface area (Å²) in [7, 11) is 0. The predicted octanol–water partition coefficient (Wildman–Crippen LogP) is 5.01. The van der Waals surface area contributed by atoms with Crippen LogP contribution in [0.15, 0.2) is 67.0 Å². The Morgan fingerprint density at radius 1 is 0.871 bits per heavy atom. The van der Waals surface area contributed by atoms with Crippen molar-refractivity contribution in [3.8, 4) is 17.1 Å². The van der Waals surface area contributed by atoms with Crippen LogP contribution in [0, 0.1) is 0 Å². The normalized spacial score (nSPS) is 11.7. The number of aromatic nitrogens is 4. The molecule has 0 saturated carbocycles. The van der Waals surface area contributed by atoms with E-state index in [1.165, 1.54) is 0 Å². The maximum Gasteiger partial charge on any atom is 0.170 e. The van der Waals surface area contributed by atoms with Crippen molar-refractivity contribution in [3.63, 3.8) is 0 Å². The van der Waals surface area contributed by atoms with Crippen LogP contribution in [0.2, 0.25) is 0 Å². The maximum atomic E-state index is 4.88. The zero-order valence-corrected chi connectivity index (χ0v) is 18.7. The van der Waals surface area contributed by atoms with Crippen molar-refractivity contribution < 1.29 is 0 Å². The molecule has 160 valence electrons. The van der Waals surface area contributed by atoms with Crippen molar-refractivity contribution in [2.24, 2.45) is 0 Å². The van der Waals surface area contributed by atoms with Gasteiger partial charge < -0.3 is 5.32 Å². The first kappa shape index (κ1) is 21.0. The lowest BCUT2D eigenvalue weighted by molar-refractivity contribution is 0.182. The fourth-order valence-corrected chi connectivity index (χ4v) is 3.93. The maximum absolute atomic E-state index is 4.88. The molecular weight excluding hydrogens is 384 g/mol. The number of nitrogens with one attached hydrogen (secondary N) is 1. The van der Waals surface area contributed by atoms with E-state index in [9.17, 15) is 0 Å². The zero-order valence-electron chi connectivity index (χ0n) is 18.7. The van der Waals surface area contributed by atoms with Crippen molar-refractivity contribution in [2.75, 3.05) is 18.4 Å². The Balaban J connectivity index is 1.72. The van der Waals surface area contributed by atoms with Crippen LogP contribution in [-0.2, 0) is 0 Å². The van der Waals surface area contributed by atoms with Crippen molar-refractivity contribution in [1.29, 1.82) is 0 Å². The van der Waals surface area contributed by atoms with Crippen LogP contribution in [0.5, 0.6) is 0 Å². The number of rotatable bonds is 8. The topological polar surface area (TPSA) is 58.9 Å². The summed E-state index contributed by atoms with van der Waals surface area (Å²) in [6.45, 7) is 10.7. The number of benzene rings is 2. The summed E-state index contributed by atoms with van der Waals surface area (Å²) >= 11 is 0. The fraction of sp³-hybridized carbons (Fsp3) is 0.320. The SMILES string of the molecule is CC(C)N(CCNc1nc(-c2ccccc2)nc2c1ncn2-c1ccccc1)C(C)C. The van der Waals surface area contributed by atoms with Crippen LogP contribution in [0.1, 0.15) is 27.7 Å². The molecule has 31 heavy (non-hydrogen) atoms. The van der Waals surface area contributed by atoms with Gasteiger partial charge in [0.25, 0.3) is 0 Å². The number of fused-ring (bicyclic) bond motifs is 1. The van der Waals surface area contributed by atoms with Crippen molar-refractivity contribution in [3.05, 3.63) is 67.0 Å². The Morgan fingerprint density at radius 2 is 1.52 bits per heavy atom. The average Bonchev–Trinajstić information content (AvgIpc) is 3.21. The van der Waals surface area contributed by atoms with Crippen LogP contribution < -0.4 is 5.32 Å². The summed E-state index contributed by atoms with van der Waals surface area (Å²) in [5, 5.41) is 3.53. The van der Waals surface area contributed by atoms with E-state index in [1.807, 2.05) is 59.4 Å². The number of imidazole rings is 1. The molecule has 0 radical (unpaired) electrons. The first-order valence-electron chi connectivity index (χ1n) is 10.9. The second-order valence-electron chi connectivity index (χ2n) is 8.24. The van der Waals surface area contributed by atoms with E-state index in [1.54, 1.807) is 0 Å². The number of para-hydroxylation sites is 1. The Kier molecular flexibility index (Phi) is 6.28. The van der Waals surface area contributed by atoms with Crippen LogP contribution in [0.25, 0.3) is 28.2 Å². The first-order chi connectivity index (χ1) is 15.0. The molecule has 0 atom stereocenters. The smallest absolute Gasteiger partial charge is 0.170 e. The molecule has 0 fully saturated rings. The van der Waals surface area contributed by atoms with Gasteiger partial charge in [0.05, 0.1) is 0 Å². The van der Waals surface area contributed by atoms with Gasteiger partial charge in [0.2, 0.25) is 0 Å². The summed E-state index contributed by atoms with van der Waals surface area (Å²) in [5.74, 6) is 1.46. The van der Waals surface area contributed by atoms with Gasteiger partial charge >= 0.3 is 0 Å². The molecule has 0 aliphatic carbocycles. The van der Waals surface area contributed by atoms with E-state index in [4.69, 9.17) is 9.97 Å². The highest BCUT2D eigenvalue weighted by molar-refractivity contribution is 5.86. The van der Waals surface area contributed by atoms with Gasteiger partial charge in [0.15, 0.2) is 22.8 Å². The van der Waals surface area contributed by atoms with Gasteiger partial charge in [-0.25, -0.2) is 15.0 Å². The third kappa shape index (κ3) is 4.59. The molecule has 0 saturated heterocycles. The second kappa shape index (κ2) is 9.27. The molecule has 4 aromatic rings. The van der Waals surface area contributed by atoms with E-state index < -0.39 is 0 Å². The number of hydrogen-bond donors (Lipinski definition) is 1. The molecular formula is C25H30N6. The van der Waals surface area contributed by atoms with Crippen LogP contribution in [0.4, 0.5) is 5.82 Å². The van der Waals surface area contributed by atoms with Gasteiger partial charge in [-0.3, -0.25) is 9.47 Å². The van der Waals surface area contributed by atoms with E-state index in [0.29, 0.717) is 17.9 Å². The summed E-state index contributed by atoms with van der Waals surface area (Å²) < 4.78 is 2.02. The minimum absolute atomic E-state index is 0.490. The Hall–Kier alpha value is -3.25. The van der Waals surface area contributed by atoms with Crippen LogP contribution >= 0.6 is 0 Å². The molecule has 0 aliphatic heterocycles. The minimum Gasteiger partial charge on any atom is -0.367 e. The van der Waals surface area contributed by atoms with Crippen LogP contribution in [-0.4, -0.2) is 49.6 Å². The molecule has 1 N–H and O–H groups in total. The van der Waals surface area contributed by atoms with Gasteiger partial charge in [-0.2, -0.15) is 0 Å². The first-order valence-corrected chi connectivity index (χ1v) is 10.9. The Morgan fingerprint density at radius 3 is 2.16 bits per heavy atom. The number of hydrogen-bond acceptors (Lipinski definition) is 5. The molecule has 2 aromatic carbocycles. The molecule has 0 spiro atoms. The zero-order chi connectivity index (χ0) is 21.8. The predicted molar refractivity (Wildman–Crippen MR) is 128 cm³/mol. The van der Waals surface area contributed by atoms with E-state index >= 15 is 0 Å². The van der Waals surface area contributed by atoms with Crippen molar-refractivity contribution >= 4 is 17.0 Å².